The predicted octanol–water partition coefficient (Wildman–Crippen LogP) is 1.18. The van der Waals surface area contributed by atoms with Crippen molar-refractivity contribution < 1.29 is 9.90 Å². The molecule has 24 heavy (non-hydrogen) atoms. The summed E-state index contributed by atoms with van der Waals surface area (Å²) in [5, 5.41) is 16.8. The number of rotatable bonds is 6. The van der Waals surface area contributed by atoms with E-state index in [1.165, 1.54) is 0 Å². The molecule has 2 rings (SSSR count). The Hall–Kier alpha value is -1.44. The van der Waals surface area contributed by atoms with Crippen molar-refractivity contribution in [1.82, 2.24) is 19.6 Å². The number of piperazine rings is 1. The Morgan fingerprint density at radius 1 is 1.38 bits per heavy atom. The van der Waals surface area contributed by atoms with Gasteiger partial charge in [0, 0.05) is 44.3 Å². The van der Waals surface area contributed by atoms with Crippen LogP contribution in [0.3, 0.4) is 0 Å². The van der Waals surface area contributed by atoms with Crippen LogP contribution in [-0.2, 0) is 4.79 Å². The Morgan fingerprint density at radius 2 is 2.08 bits per heavy atom. The van der Waals surface area contributed by atoms with E-state index in [0.717, 1.165) is 25.5 Å². The van der Waals surface area contributed by atoms with E-state index in [1.807, 2.05) is 38.4 Å². The van der Waals surface area contributed by atoms with E-state index in [-0.39, 0.29) is 24.1 Å². The number of hydrogen-bond acceptors (Lipinski definition) is 5. The molecule has 2 N–H and O–H groups in total. The number of hydrogen-bond donors (Lipinski definition) is 2. The molecule has 136 valence electrons. The average molecular weight is 337 g/mol. The maximum absolute atomic E-state index is 12.6. The number of aromatic nitrogens is 2. The number of aliphatic hydroxyl groups excluding tert-OH is 1. The minimum Gasteiger partial charge on any atom is -0.392 e. The van der Waals surface area contributed by atoms with E-state index in [0.29, 0.717) is 12.6 Å². The van der Waals surface area contributed by atoms with Crippen molar-refractivity contribution in [2.45, 2.75) is 58.8 Å². The van der Waals surface area contributed by atoms with Crippen molar-refractivity contribution in [3.63, 3.8) is 0 Å². The molecule has 7 heteroatoms. The summed E-state index contributed by atoms with van der Waals surface area (Å²) in [4.78, 5) is 17.1. The quantitative estimate of drug-likeness (QED) is 0.815. The van der Waals surface area contributed by atoms with Crippen LogP contribution in [-0.4, -0.2) is 75.0 Å². The largest absolute Gasteiger partial charge is 0.392 e. The summed E-state index contributed by atoms with van der Waals surface area (Å²) < 4.78 is 1.81. The molecule has 0 saturated carbocycles. The first kappa shape index (κ1) is 18.9. The second-order valence-corrected chi connectivity index (χ2v) is 7.11. The van der Waals surface area contributed by atoms with Crippen molar-refractivity contribution in [2.75, 3.05) is 31.5 Å². The van der Waals surface area contributed by atoms with Crippen molar-refractivity contribution in [3.05, 3.63) is 12.3 Å². The molecule has 0 aliphatic carbocycles. The normalized spacial score (nSPS) is 22.5. The van der Waals surface area contributed by atoms with Gasteiger partial charge in [0.15, 0.2) is 0 Å². The molecule has 1 fully saturated rings. The van der Waals surface area contributed by atoms with Gasteiger partial charge < -0.3 is 10.4 Å². The lowest BCUT2D eigenvalue weighted by Gasteiger charge is -2.42. The number of carbonyl (C=O) groups is 1. The molecule has 1 aromatic rings. The summed E-state index contributed by atoms with van der Waals surface area (Å²) in [5.74, 6) is 0.733. The molecule has 1 aliphatic heterocycles. The van der Waals surface area contributed by atoms with Gasteiger partial charge in [-0.3, -0.25) is 14.6 Å². The van der Waals surface area contributed by atoms with Crippen LogP contribution in [0.5, 0.6) is 0 Å². The number of nitrogens with zero attached hydrogens (tertiary/aromatic N) is 4. The van der Waals surface area contributed by atoms with E-state index < -0.39 is 0 Å². The van der Waals surface area contributed by atoms with Gasteiger partial charge in [0.2, 0.25) is 5.91 Å². The van der Waals surface area contributed by atoms with E-state index in [4.69, 9.17) is 0 Å². The average Bonchev–Trinajstić information content (AvgIpc) is 2.96. The maximum atomic E-state index is 12.6. The molecule has 7 nitrogen and oxygen atoms in total. The first-order valence-electron chi connectivity index (χ1n) is 8.80. The second-order valence-electron chi connectivity index (χ2n) is 7.11. The molecule has 1 aliphatic rings. The lowest BCUT2D eigenvalue weighted by atomic mass is 10.1. The summed E-state index contributed by atoms with van der Waals surface area (Å²) in [6.45, 7) is 13.2. The second kappa shape index (κ2) is 8.09. The van der Waals surface area contributed by atoms with Crippen molar-refractivity contribution >= 4 is 11.7 Å². The lowest BCUT2D eigenvalue weighted by molar-refractivity contribution is -0.122. The molecule has 0 bridgehead atoms. The Bertz CT molecular complexity index is 543. The minimum absolute atomic E-state index is 0.00595. The molecule has 1 amide bonds. The van der Waals surface area contributed by atoms with Crippen LogP contribution in [0.25, 0.3) is 0 Å². The van der Waals surface area contributed by atoms with Gasteiger partial charge in [0.25, 0.3) is 0 Å². The van der Waals surface area contributed by atoms with Crippen LogP contribution in [0.2, 0.25) is 0 Å². The maximum Gasteiger partial charge on any atom is 0.242 e. The van der Waals surface area contributed by atoms with Crippen LogP contribution in [0.4, 0.5) is 5.82 Å². The van der Waals surface area contributed by atoms with E-state index in [1.54, 1.807) is 6.20 Å². The van der Waals surface area contributed by atoms with Gasteiger partial charge in [-0.15, -0.1) is 0 Å². The third-order valence-corrected chi connectivity index (χ3v) is 4.63. The van der Waals surface area contributed by atoms with E-state index in [9.17, 15) is 9.90 Å². The fourth-order valence-corrected chi connectivity index (χ4v) is 3.21. The van der Waals surface area contributed by atoms with Gasteiger partial charge in [0.1, 0.15) is 5.82 Å². The third-order valence-electron chi connectivity index (χ3n) is 4.63. The highest BCUT2D eigenvalue weighted by atomic mass is 16.3. The van der Waals surface area contributed by atoms with Crippen LogP contribution < -0.4 is 5.32 Å². The molecule has 1 saturated heterocycles. The lowest BCUT2D eigenvalue weighted by Crippen LogP contribution is -2.57. The van der Waals surface area contributed by atoms with Crippen LogP contribution in [0.15, 0.2) is 12.3 Å². The van der Waals surface area contributed by atoms with Gasteiger partial charge in [-0.25, -0.2) is 4.68 Å². The third kappa shape index (κ3) is 4.55. The first-order chi connectivity index (χ1) is 11.3. The van der Waals surface area contributed by atoms with E-state index >= 15 is 0 Å². The highest BCUT2D eigenvalue weighted by Crippen LogP contribution is 2.16. The molecule has 0 unspecified atom stereocenters. The molecular formula is C17H31N5O2. The molecule has 2 heterocycles. The number of aliphatic hydroxyl groups is 1. The summed E-state index contributed by atoms with van der Waals surface area (Å²) in [7, 11) is 0. The number of carbonyl (C=O) groups excluding carboxylic acids is 1. The van der Waals surface area contributed by atoms with Gasteiger partial charge in [-0.2, -0.15) is 5.10 Å². The summed E-state index contributed by atoms with van der Waals surface area (Å²) in [6, 6.07) is 2.16. The SMILES string of the molecule is CC(C)n1nccc1NC(=O)[C@H](C)N1CCN(C[C@H](C)O)[C@H](C)C1. The smallest absolute Gasteiger partial charge is 0.242 e. The number of anilines is 1. The molecule has 0 aromatic carbocycles. The first-order valence-corrected chi connectivity index (χ1v) is 8.80. The zero-order chi connectivity index (χ0) is 17.9. The molecule has 1 aromatic heterocycles. The fraction of sp³-hybridized carbons (Fsp3) is 0.765. The Balaban J connectivity index is 1.93. The summed E-state index contributed by atoms with van der Waals surface area (Å²) in [5.41, 5.74) is 0. The monoisotopic (exact) mass is 337 g/mol. The molecular weight excluding hydrogens is 306 g/mol. The van der Waals surface area contributed by atoms with Gasteiger partial charge in [0.05, 0.1) is 18.3 Å². The minimum atomic E-state index is -0.323. The van der Waals surface area contributed by atoms with Gasteiger partial charge in [-0.05, 0) is 34.6 Å². The number of β-amino-alcohol motifs (C(OH)–C–C–N with tert-alkyl or cyclic N) is 1. The topological polar surface area (TPSA) is 73.6 Å². The highest BCUT2D eigenvalue weighted by Gasteiger charge is 2.30. The van der Waals surface area contributed by atoms with Crippen molar-refractivity contribution in [3.8, 4) is 0 Å². The molecule has 0 radical (unpaired) electrons. The van der Waals surface area contributed by atoms with E-state index in [2.05, 4.69) is 27.1 Å². The summed E-state index contributed by atoms with van der Waals surface area (Å²) >= 11 is 0. The van der Waals surface area contributed by atoms with Gasteiger partial charge >= 0.3 is 0 Å². The Kier molecular flexibility index (Phi) is 6.37. The highest BCUT2D eigenvalue weighted by molar-refractivity contribution is 5.93. The number of nitrogens with one attached hydrogen (secondary N) is 1. The van der Waals surface area contributed by atoms with Gasteiger partial charge in [-0.1, -0.05) is 0 Å². The molecule has 0 spiro atoms. The Morgan fingerprint density at radius 3 is 2.67 bits per heavy atom. The standard InChI is InChI=1S/C17H31N5O2/c1-12(2)22-16(6-7-18-22)19-17(24)15(5)21-9-8-20(11-14(4)23)13(3)10-21/h6-7,12-15,23H,8-11H2,1-5H3,(H,19,24)/t13-,14+,15+/m1/s1. The molecule has 3 atom stereocenters. The summed E-state index contributed by atoms with van der Waals surface area (Å²) in [6.07, 6.45) is 1.38. The number of amides is 1. The van der Waals surface area contributed by atoms with Crippen LogP contribution in [0, 0.1) is 0 Å². The fourth-order valence-electron chi connectivity index (χ4n) is 3.21. The zero-order valence-corrected chi connectivity index (χ0v) is 15.4. The zero-order valence-electron chi connectivity index (χ0n) is 15.4. The van der Waals surface area contributed by atoms with Crippen molar-refractivity contribution in [1.29, 1.82) is 0 Å². The van der Waals surface area contributed by atoms with Crippen molar-refractivity contribution in [2.24, 2.45) is 0 Å². The Labute approximate surface area is 144 Å². The van der Waals surface area contributed by atoms with Crippen LogP contribution >= 0.6 is 0 Å². The van der Waals surface area contributed by atoms with Crippen LogP contribution in [0.1, 0.15) is 40.7 Å². The predicted molar refractivity (Wildman–Crippen MR) is 95.0 cm³/mol.